The van der Waals surface area contributed by atoms with Crippen LogP contribution in [0.5, 0.6) is 0 Å². The molecule has 1 aliphatic rings. The molecule has 3 aromatic heterocycles. The van der Waals surface area contributed by atoms with E-state index in [1.54, 1.807) is 10.6 Å². The summed E-state index contributed by atoms with van der Waals surface area (Å²) in [4.78, 5) is 25.4. The lowest BCUT2D eigenvalue weighted by Crippen LogP contribution is -2.41. The first-order valence-corrected chi connectivity index (χ1v) is 8.76. The maximum Gasteiger partial charge on any atom is 0.317 e. The van der Waals surface area contributed by atoms with Crippen LogP contribution >= 0.6 is 0 Å². The van der Waals surface area contributed by atoms with Gasteiger partial charge in [0.05, 0.1) is 24.6 Å². The van der Waals surface area contributed by atoms with Crippen LogP contribution < -0.4 is 5.32 Å². The van der Waals surface area contributed by atoms with E-state index in [1.807, 2.05) is 29.3 Å². The standard InChI is InChI=1S/C18H19FN6O2/c19-13-9-21-18(22-12-4-7-24(8-5-12)11-16(26)27)23-17(13)14-10-20-15-3-1-2-6-25(14)15/h1-3,6,9-10,12H,4-5,7-8,11H2,(H,26,27)(H,21,22,23). The SMILES string of the molecule is O=C(O)CN1CCC(Nc2ncc(F)c(-c3cnc4ccccn34)n2)CC1. The minimum Gasteiger partial charge on any atom is -0.480 e. The number of nitrogens with zero attached hydrogens (tertiary/aromatic N) is 5. The van der Waals surface area contributed by atoms with Crippen LogP contribution in [0.2, 0.25) is 0 Å². The lowest BCUT2D eigenvalue weighted by Gasteiger charge is -2.31. The number of piperidine rings is 1. The molecule has 140 valence electrons. The Morgan fingerprint density at radius 1 is 1.26 bits per heavy atom. The zero-order valence-corrected chi connectivity index (χ0v) is 14.5. The summed E-state index contributed by atoms with van der Waals surface area (Å²) in [7, 11) is 0. The zero-order chi connectivity index (χ0) is 18.8. The number of nitrogens with one attached hydrogen (secondary N) is 1. The highest BCUT2D eigenvalue weighted by Gasteiger charge is 2.22. The Labute approximate surface area is 154 Å². The van der Waals surface area contributed by atoms with Crippen LogP contribution in [0.15, 0.2) is 36.8 Å². The number of anilines is 1. The quantitative estimate of drug-likeness (QED) is 0.708. The molecule has 1 fully saturated rings. The number of hydrogen-bond donors (Lipinski definition) is 2. The van der Waals surface area contributed by atoms with Gasteiger partial charge in [-0.2, -0.15) is 0 Å². The maximum absolute atomic E-state index is 14.4. The summed E-state index contributed by atoms with van der Waals surface area (Å²) in [6, 6.07) is 5.68. The second-order valence-corrected chi connectivity index (χ2v) is 6.55. The minimum absolute atomic E-state index is 0.0538. The average Bonchev–Trinajstić information content (AvgIpc) is 3.08. The van der Waals surface area contributed by atoms with Gasteiger partial charge in [-0.15, -0.1) is 0 Å². The Kier molecular flexibility index (Phi) is 4.68. The highest BCUT2D eigenvalue weighted by molar-refractivity contribution is 5.69. The first-order valence-electron chi connectivity index (χ1n) is 8.76. The zero-order valence-electron chi connectivity index (χ0n) is 14.5. The van der Waals surface area contributed by atoms with E-state index in [9.17, 15) is 9.18 Å². The van der Waals surface area contributed by atoms with Crippen molar-refractivity contribution in [2.45, 2.75) is 18.9 Å². The van der Waals surface area contributed by atoms with Crippen LogP contribution in [0.3, 0.4) is 0 Å². The molecule has 3 aromatic rings. The molecule has 0 spiro atoms. The smallest absolute Gasteiger partial charge is 0.317 e. The van der Waals surface area contributed by atoms with E-state index in [4.69, 9.17) is 5.11 Å². The lowest BCUT2D eigenvalue weighted by atomic mass is 10.1. The highest BCUT2D eigenvalue weighted by Crippen LogP contribution is 2.23. The first kappa shape index (κ1) is 17.3. The van der Waals surface area contributed by atoms with Gasteiger partial charge in [0.15, 0.2) is 5.82 Å². The van der Waals surface area contributed by atoms with Crippen molar-refractivity contribution in [1.82, 2.24) is 24.3 Å². The van der Waals surface area contributed by atoms with E-state index >= 15 is 0 Å². The molecule has 4 rings (SSSR count). The van der Waals surface area contributed by atoms with Gasteiger partial charge in [-0.25, -0.2) is 19.3 Å². The molecule has 0 amide bonds. The van der Waals surface area contributed by atoms with Gasteiger partial charge >= 0.3 is 5.97 Å². The van der Waals surface area contributed by atoms with Crippen molar-refractivity contribution in [3.05, 3.63) is 42.6 Å². The fourth-order valence-electron chi connectivity index (χ4n) is 3.33. The topological polar surface area (TPSA) is 95.7 Å². The Hall–Kier alpha value is -3.07. The van der Waals surface area contributed by atoms with Crippen molar-refractivity contribution in [2.75, 3.05) is 25.0 Å². The molecular weight excluding hydrogens is 351 g/mol. The number of imidazole rings is 1. The van der Waals surface area contributed by atoms with Gasteiger partial charge in [0.2, 0.25) is 5.95 Å². The predicted octanol–water partition coefficient (Wildman–Crippen LogP) is 1.89. The minimum atomic E-state index is -0.819. The molecule has 8 nitrogen and oxygen atoms in total. The predicted molar refractivity (Wildman–Crippen MR) is 96.9 cm³/mol. The molecule has 0 aromatic carbocycles. The Bertz CT molecular complexity index is 967. The van der Waals surface area contributed by atoms with E-state index in [-0.39, 0.29) is 18.3 Å². The summed E-state index contributed by atoms with van der Waals surface area (Å²) in [5.74, 6) is -0.975. The van der Waals surface area contributed by atoms with Crippen LogP contribution in [0.25, 0.3) is 17.0 Å². The second kappa shape index (κ2) is 7.28. The van der Waals surface area contributed by atoms with Crippen LogP contribution in [-0.4, -0.2) is 61.0 Å². The summed E-state index contributed by atoms with van der Waals surface area (Å²) < 4.78 is 16.1. The lowest BCUT2D eigenvalue weighted by molar-refractivity contribution is -0.138. The molecule has 27 heavy (non-hydrogen) atoms. The normalized spacial score (nSPS) is 15.9. The fourth-order valence-corrected chi connectivity index (χ4v) is 3.33. The molecule has 2 N–H and O–H groups in total. The van der Waals surface area contributed by atoms with Crippen LogP contribution in [0, 0.1) is 5.82 Å². The van der Waals surface area contributed by atoms with E-state index in [1.165, 1.54) is 0 Å². The van der Waals surface area contributed by atoms with Crippen molar-refractivity contribution in [3.63, 3.8) is 0 Å². The number of carboxylic acids is 1. The van der Waals surface area contributed by atoms with Crippen molar-refractivity contribution in [3.8, 4) is 11.4 Å². The van der Waals surface area contributed by atoms with E-state index < -0.39 is 11.8 Å². The van der Waals surface area contributed by atoms with Gasteiger partial charge < -0.3 is 10.4 Å². The maximum atomic E-state index is 14.4. The summed E-state index contributed by atoms with van der Waals surface area (Å²) in [5.41, 5.74) is 1.46. The number of pyridine rings is 1. The molecule has 9 heteroatoms. The third-order valence-electron chi connectivity index (χ3n) is 4.68. The fraction of sp³-hybridized carbons (Fsp3) is 0.333. The van der Waals surface area contributed by atoms with Gasteiger partial charge in [-0.3, -0.25) is 14.1 Å². The summed E-state index contributed by atoms with van der Waals surface area (Å²) >= 11 is 0. The molecule has 0 bridgehead atoms. The Balaban J connectivity index is 1.51. The van der Waals surface area contributed by atoms with E-state index in [0.29, 0.717) is 30.4 Å². The van der Waals surface area contributed by atoms with Crippen LogP contribution in [0.1, 0.15) is 12.8 Å². The van der Waals surface area contributed by atoms with Gasteiger partial charge in [0.1, 0.15) is 11.3 Å². The number of rotatable bonds is 5. The van der Waals surface area contributed by atoms with Crippen LogP contribution in [0.4, 0.5) is 10.3 Å². The largest absolute Gasteiger partial charge is 0.480 e. The van der Waals surface area contributed by atoms with Gasteiger partial charge in [-0.1, -0.05) is 6.07 Å². The van der Waals surface area contributed by atoms with Crippen LogP contribution in [-0.2, 0) is 4.79 Å². The Morgan fingerprint density at radius 2 is 2.07 bits per heavy atom. The third-order valence-corrected chi connectivity index (χ3v) is 4.68. The Morgan fingerprint density at radius 3 is 2.85 bits per heavy atom. The molecule has 0 unspecified atom stereocenters. The van der Waals surface area contributed by atoms with Crippen molar-refractivity contribution in [2.24, 2.45) is 0 Å². The second-order valence-electron chi connectivity index (χ2n) is 6.55. The van der Waals surface area contributed by atoms with Crippen molar-refractivity contribution in [1.29, 1.82) is 0 Å². The molecular formula is C18H19FN6O2. The molecule has 1 saturated heterocycles. The first-order chi connectivity index (χ1) is 13.1. The molecule has 0 radical (unpaired) electrons. The number of likely N-dealkylation sites (tertiary alicyclic amines) is 1. The number of hydrogen-bond acceptors (Lipinski definition) is 6. The number of aromatic nitrogens is 4. The van der Waals surface area contributed by atoms with Gasteiger partial charge in [0.25, 0.3) is 0 Å². The number of carbonyl (C=O) groups is 1. The number of carboxylic acid groups (broad SMARTS) is 1. The molecule has 0 atom stereocenters. The van der Waals surface area contributed by atoms with Crippen molar-refractivity contribution < 1.29 is 14.3 Å². The summed E-state index contributed by atoms with van der Waals surface area (Å²) in [5, 5.41) is 12.1. The molecule has 4 heterocycles. The number of aliphatic carboxylic acids is 1. The number of fused-ring (bicyclic) bond motifs is 1. The average molecular weight is 370 g/mol. The van der Waals surface area contributed by atoms with Gasteiger partial charge in [0, 0.05) is 25.3 Å². The van der Waals surface area contributed by atoms with Gasteiger partial charge in [-0.05, 0) is 25.0 Å². The molecule has 1 aliphatic heterocycles. The highest BCUT2D eigenvalue weighted by atomic mass is 19.1. The summed E-state index contributed by atoms with van der Waals surface area (Å²) in [6.07, 6.45) is 6.11. The molecule has 0 saturated carbocycles. The van der Waals surface area contributed by atoms with Crippen molar-refractivity contribution >= 4 is 17.6 Å². The molecule has 0 aliphatic carbocycles. The van der Waals surface area contributed by atoms with E-state index in [0.717, 1.165) is 19.0 Å². The van der Waals surface area contributed by atoms with E-state index in [2.05, 4.69) is 20.3 Å². The third kappa shape index (κ3) is 3.72. The summed E-state index contributed by atoms with van der Waals surface area (Å²) in [6.45, 7) is 1.43. The monoisotopic (exact) mass is 370 g/mol. The number of halogens is 1.